The van der Waals surface area contributed by atoms with Crippen LogP contribution in [0.5, 0.6) is 0 Å². The van der Waals surface area contributed by atoms with E-state index in [2.05, 4.69) is 15.5 Å². The first-order valence-corrected chi connectivity index (χ1v) is 11.6. The molecule has 4 heterocycles. The number of nitrogens with one attached hydrogen (secondary N) is 1. The first-order chi connectivity index (χ1) is 15.0. The van der Waals surface area contributed by atoms with Gasteiger partial charge in [0.1, 0.15) is 5.00 Å². The molecule has 3 aromatic heterocycles. The average molecular weight is 463 g/mol. The van der Waals surface area contributed by atoms with Crippen LogP contribution in [0.1, 0.15) is 28.1 Å². The van der Waals surface area contributed by atoms with Crippen molar-refractivity contribution in [2.75, 3.05) is 24.8 Å². The molecule has 0 spiro atoms. The summed E-state index contributed by atoms with van der Waals surface area (Å²) in [6, 6.07) is 5.32. The van der Waals surface area contributed by atoms with Crippen LogP contribution >= 0.6 is 23.1 Å². The molecule has 3 aromatic rings. The minimum atomic E-state index is -0.480. The average Bonchev–Trinajstić information content (AvgIpc) is 3.54. The van der Waals surface area contributed by atoms with E-state index in [-0.39, 0.29) is 17.8 Å². The smallest absolute Gasteiger partial charge is 0.340 e. The number of carbonyl (C=O) groups excluding carboxylic acids is 2. The van der Waals surface area contributed by atoms with Crippen LogP contribution in [0.2, 0.25) is 0 Å². The van der Waals surface area contributed by atoms with Crippen molar-refractivity contribution in [3.8, 4) is 11.6 Å². The number of thioether (sulfide) groups is 1. The standard InChI is InChI=1S/C20H22N4O5S2/c1-12-9-14(19(26)27-2)18(31-12)21-16(25)11-30-20-23-22-17(15-6-4-8-29-15)24(20)10-13-5-3-7-28-13/h4,6,8-9,13H,3,5,7,10-11H2,1-2H3,(H,21,25). The maximum absolute atomic E-state index is 12.6. The summed E-state index contributed by atoms with van der Waals surface area (Å²) in [6.45, 7) is 3.20. The fourth-order valence-electron chi connectivity index (χ4n) is 3.30. The first-order valence-electron chi connectivity index (χ1n) is 9.75. The first kappa shape index (κ1) is 21.6. The molecule has 11 heteroatoms. The number of amides is 1. The Morgan fingerprint density at radius 3 is 3.00 bits per heavy atom. The molecule has 1 N–H and O–H groups in total. The van der Waals surface area contributed by atoms with Gasteiger partial charge in [-0.15, -0.1) is 21.5 Å². The molecular weight excluding hydrogens is 440 g/mol. The zero-order valence-corrected chi connectivity index (χ0v) is 18.8. The van der Waals surface area contributed by atoms with Gasteiger partial charge in [-0.1, -0.05) is 11.8 Å². The highest BCUT2D eigenvalue weighted by atomic mass is 32.2. The quantitative estimate of drug-likeness (QED) is 0.400. The molecule has 0 aromatic carbocycles. The largest absolute Gasteiger partial charge is 0.465 e. The number of nitrogens with zero attached hydrogens (tertiary/aromatic N) is 3. The third-order valence-electron chi connectivity index (χ3n) is 4.71. The third-order valence-corrected chi connectivity index (χ3v) is 6.65. The minimum absolute atomic E-state index is 0.0783. The lowest BCUT2D eigenvalue weighted by molar-refractivity contribution is -0.113. The molecule has 1 saturated heterocycles. The van der Waals surface area contributed by atoms with E-state index in [1.54, 1.807) is 18.4 Å². The number of thiophene rings is 1. The Bertz CT molecular complexity index is 1050. The van der Waals surface area contributed by atoms with E-state index in [1.165, 1.54) is 30.2 Å². The maximum Gasteiger partial charge on any atom is 0.340 e. The van der Waals surface area contributed by atoms with Gasteiger partial charge in [-0.2, -0.15) is 0 Å². The van der Waals surface area contributed by atoms with E-state index in [4.69, 9.17) is 13.9 Å². The lowest BCUT2D eigenvalue weighted by atomic mass is 10.2. The Labute approximate surface area is 187 Å². The minimum Gasteiger partial charge on any atom is -0.465 e. The molecule has 9 nitrogen and oxygen atoms in total. The van der Waals surface area contributed by atoms with E-state index in [1.807, 2.05) is 17.6 Å². The number of hydrogen-bond acceptors (Lipinski definition) is 9. The number of carbonyl (C=O) groups is 2. The van der Waals surface area contributed by atoms with Crippen LogP contribution in [0.15, 0.2) is 34.0 Å². The Balaban J connectivity index is 1.47. The summed E-state index contributed by atoms with van der Waals surface area (Å²) < 4.78 is 18.0. The molecule has 31 heavy (non-hydrogen) atoms. The highest BCUT2D eigenvalue weighted by Crippen LogP contribution is 2.30. The van der Waals surface area contributed by atoms with Crippen molar-refractivity contribution in [2.45, 2.75) is 37.6 Å². The fraction of sp³-hybridized carbons (Fsp3) is 0.400. The Hall–Kier alpha value is -2.63. The van der Waals surface area contributed by atoms with Gasteiger partial charge in [0.2, 0.25) is 11.7 Å². The summed E-state index contributed by atoms with van der Waals surface area (Å²) in [5.74, 6) is 0.595. The summed E-state index contributed by atoms with van der Waals surface area (Å²) in [5.41, 5.74) is 0.352. The van der Waals surface area contributed by atoms with E-state index in [0.29, 0.717) is 33.9 Å². The van der Waals surface area contributed by atoms with Crippen LogP contribution in [0.4, 0.5) is 5.00 Å². The second-order valence-electron chi connectivity index (χ2n) is 6.96. The normalized spacial score (nSPS) is 15.9. The number of aryl methyl sites for hydroxylation is 1. The fourth-order valence-corrected chi connectivity index (χ4v) is 4.97. The van der Waals surface area contributed by atoms with E-state index in [0.717, 1.165) is 24.3 Å². The number of ether oxygens (including phenoxy) is 2. The predicted molar refractivity (Wildman–Crippen MR) is 116 cm³/mol. The molecule has 1 amide bonds. The van der Waals surface area contributed by atoms with Crippen LogP contribution in [-0.4, -0.2) is 52.2 Å². The number of hydrogen-bond donors (Lipinski definition) is 1. The molecule has 0 bridgehead atoms. The number of rotatable bonds is 8. The Morgan fingerprint density at radius 2 is 2.29 bits per heavy atom. The molecular formula is C20H22N4O5S2. The zero-order chi connectivity index (χ0) is 21.8. The highest BCUT2D eigenvalue weighted by Gasteiger charge is 2.24. The van der Waals surface area contributed by atoms with Gasteiger partial charge < -0.3 is 19.2 Å². The van der Waals surface area contributed by atoms with Gasteiger partial charge in [0, 0.05) is 11.5 Å². The highest BCUT2D eigenvalue weighted by molar-refractivity contribution is 7.99. The van der Waals surface area contributed by atoms with Crippen LogP contribution in [0.25, 0.3) is 11.6 Å². The number of methoxy groups -OCH3 is 1. The summed E-state index contributed by atoms with van der Waals surface area (Å²) in [4.78, 5) is 25.4. The lowest BCUT2D eigenvalue weighted by Crippen LogP contribution is -2.18. The molecule has 1 aliphatic heterocycles. The van der Waals surface area contributed by atoms with Gasteiger partial charge in [0.25, 0.3) is 0 Å². The maximum atomic E-state index is 12.6. The predicted octanol–water partition coefficient (Wildman–Crippen LogP) is 3.60. The number of esters is 1. The summed E-state index contributed by atoms with van der Waals surface area (Å²) in [6.07, 6.45) is 3.66. The van der Waals surface area contributed by atoms with E-state index in [9.17, 15) is 9.59 Å². The van der Waals surface area contributed by atoms with Gasteiger partial charge in [0.15, 0.2) is 10.9 Å². The number of anilines is 1. The SMILES string of the molecule is COC(=O)c1cc(C)sc1NC(=O)CSc1nnc(-c2ccco2)n1CC1CCCO1. The van der Waals surface area contributed by atoms with Gasteiger partial charge in [0.05, 0.1) is 37.3 Å². The van der Waals surface area contributed by atoms with Gasteiger partial charge in [-0.05, 0) is 38.0 Å². The zero-order valence-electron chi connectivity index (χ0n) is 17.1. The molecule has 0 saturated carbocycles. The van der Waals surface area contributed by atoms with Crippen LogP contribution in [0, 0.1) is 6.92 Å². The van der Waals surface area contributed by atoms with Gasteiger partial charge in [-0.25, -0.2) is 4.79 Å². The van der Waals surface area contributed by atoms with Crippen molar-refractivity contribution in [2.24, 2.45) is 0 Å². The molecule has 164 valence electrons. The molecule has 1 atom stereocenters. The van der Waals surface area contributed by atoms with Crippen LogP contribution < -0.4 is 5.32 Å². The van der Waals surface area contributed by atoms with Crippen molar-refractivity contribution in [1.29, 1.82) is 0 Å². The second kappa shape index (κ2) is 9.67. The summed E-state index contributed by atoms with van der Waals surface area (Å²) in [7, 11) is 1.31. The topological polar surface area (TPSA) is 108 Å². The monoisotopic (exact) mass is 462 g/mol. The summed E-state index contributed by atoms with van der Waals surface area (Å²) >= 11 is 2.60. The van der Waals surface area contributed by atoms with Crippen molar-refractivity contribution in [3.05, 3.63) is 34.9 Å². The molecule has 0 radical (unpaired) electrons. The van der Waals surface area contributed by atoms with Gasteiger partial charge in [-0.3, -0.25) is 9.36 Å². The number of aromatic nitrogens is 3. The lowest BCUT2D eigenvalue weighted by Gasteiger charge is -2.13. The molecule has 1 unspecified atom stereocenters. The van der Waals surface area contributed by atoms with Crippen LogP contribution in [0.3, 0.4) is 0 Å². The second-order valence-corrected chi connectivity index (χ2v) is 9.16. The van der Waals surface area contributed by atoms with Gasteiger partial charge >= 0.3 is 5.97 Å². The molecule has 1 fully saturated rings. The number of furan rings is 1. The molecule has 4 rings (SSSR count). The van der Waals surface area contributed by atoms with E-state index >= 15 is 0 Å². The van der Waals surface area contributed by atoms with Crippen molar-refractivity contribution >= 4 is 40.0 Å². The summed E-state index contributed by atoms with van der Waals surface area (Å²) in [5, 5.41) is 12.4. The van der Waals surface area contributed by atoms with E-state index < -0.39 is 5.97 Å². The Morgan fingerprint density at radius 1 is 1.42 bits per heavy atom. The molecule has 0 aliphatic carbocycles. The molecule has 1 aliphatic rings. The van der Waals surface area contributed by atoms with Crippen LogP contribution in [-0.2, 0) is 20.8 Å². The Kier molecular flexibility index (Phi) is 6.73. The third kappa shape index (κ3) is 5.00. The van der Waals surface area contributed by atoms with Crippen molar-refractivity contribution in [3.63, 3.8) is 0 Å². The van der Waals surface area contributed by atoms with Crippen molar-refractivity contribution < 1.29 is 23.5 Å². The van der Waals surface area contributed by atoms with Crippen molar-refractivity contribution in [1.82, 2.24) is 14.8 Å².